The molecule has 0 unspecified atom stereocenters. The first-order chi connectivity index (χ1) is 6.75. The van der Waals surface area contributed by atoms with Gasteiger partial charge in [0.15, 0.2) is 0 Å². The van der Waals surface area contributed by atoms with Crippen LogP contribution >= 0.6 is 0 Å². The molecule has 0 saturated carbocycles. The first-order valence-electron chi connectivity index (χ1n) is 4.24. The van der Waals surface area contributed by atoms with E-state index >= 15 is 0 Å². The second-order valence-corrected chi connectivity index (χ2v) is 2.78. The van der Waals surface area contributed by atoms with E-state index in [9.17, 15) is 9.59 Å². The average molecular weight is 193 g/mol. The molecule has 0 atom stereocenters. The molecule has 0 fully saturated rings. The fourth-order valence-electron chi connectivity index (χ4n) is 1.21. The van der Waals surface area contributed by atoms with Crippen LogP contribution in [-0.2, 0) is 11.2 Å². The maximum absolute atomic E-state index is 10.8. The van der Waals surface area contributed by atoms with Gasteiger partial charge in [0.05, 0.1) is 5.56 Å². The molecule has 1 aromatic rings. The third kappa shape index (κ3) is 2.58. The fourth-order valence-corrected chi connectivity index (χ4v) is 1.21. The molecule has 0 aliphatic heterocycles. The third-order valence-corrected chi connectivity index (χ3v) is 1.87. The average Bonchev–Trinajstić information content (AvgIpc) is 2.19. The largest absolute Gasteiger partial charge is 0.478 e. The zero-order valence-corrected chi connectivity index (χ0v) is 7.56. The molecule has 2 N–H and O–H groups in total. The Morgan fingerprint density at radius 2 is 2.14 bits per heavy atom. The molecule has 1 rings (SSSR count). The molecule has 0 heterocycles. The normalized spacial score (nSPS) is 9.43. The number of carbonyl (C=O) groups excluding carboxylic acids is 1. The predicted octanol–water partition coefficient (Wildman–Crippen LogP) is 0.673. The van der Waals surface area contributed by atoms with E-state index in [1.807, 2.05) is 0 Å². The van der Waals surface area contributed by atoms with Gasteiger partial charge in [-0.2, -0.15) is 0 Å². The standard InChI is InChI=1S/C10H11NO3/c12-7-11-6-5-8-3-1-2-4-9(8)10(13)14/h1-4,7H,5-6H2,(H,11,12)(H,13,14). The van der Waals surface area contributed by atoms with Gasteiger partial charge in [0.1, 0.15) is 0 Å². The molecular weight excluding hydrogens is 182 g/mol. The number of carboxylic acids is 1. The van der Waals surface area contributed by atoms with Gasteiger partial charge in [-0.15, -0.1) is 0 Å². The van der Waals surface area contributed by atoms with Gasteiger partial charge in [-0.3, -0.25) is 4.79 Å². The van der Waals surface area contributed by atoms with Crippen LogP contribution in [0.25, 0.3) is 0 Å². The number of hydrogen-bond acceptors (Lipinski definition) is 2. The highest BCUT2D eigenvalue weighted by molar-refractivity contribution is 5.89. The highest BCUT2D eigenvalue weighted by Gasteiger charge is 2.07. The molecule has 14 heavy (non-hydrogen) atoms. The minimum absolute atomic E-state index is 0.292. The van der Waals surface area contributed by atoms with Crippen LogP contribution in [0.5, 0.6) is 0 Å². The van der Waals surface area contributed by atoms with Gasteiger partial charge in [0.25, 0.3) is 0 Å². The van der Waals surface area contributed by atoms with Crippen LogP contribution < -0.4 is 5.32 Å². The maximum Gasteiger partial charge on any atom is 0.335 e. The summed E-state index contributed by atoms with van der Waals surface area (Å²) in [5.74, 6) is -0.938. The first-order valence-corrected chi connectivity index (χ1v) is 4.24. The molecule has 0 spiro atoms. The Morgan fingerprint density at radius 1 is 1.43 bits per heavy atom. The van der Waals surface area contributed by atoms with Gasteiger partial charge in [-0.05, 0) is 18.1 Å². The quantitative estimate of drug-likeness (QED) is 0.533. The lowest BCUT2D eigenvalue weighted by molar-refractivity contribution is -0.109. The van der Waals surface area contributed by atoms with Crippen LogP contribution in [0.2, 0.25) is 0 Å². The number of nitrogens with one attached hydrogen (secondary N) is 1. The lowest BCUT2D eigenvalue weighted by Crippen LogP contribution is -2.15. The van der Waals surface area contributed by atoms with Crippen molar-refractivity contribution in [1.82, 2.24) is 5.32 Å². The van der Waals surface area contributed by atoms with Crippen LogP contribution in [0.4, 0.5) is 0 Å². The summed E-state index contributed by atoms with van der Waals surface area (Å²) in [5.41, 5.74) is 1.02. The molecule has 0 saturated heterocycles. The Labute approximate surface area is 81.6 Å². The summed E-state index contributed by atoms with van der Waals surface area (Å²) in [7, 11) is 0. The van der Waals surface area contributed by atoms with Crippen molar-refractivity contribution < 1.29 is 14.7 Å². The molecule has 0 radical (unpaired) electrons. The second-order valence-electron chi connectivity index (χ2n) is 2.78. The van der Waals surface area contributed by atoms with E-state index in [2.05, 4.69) is 5.32 Å². The second kappa shape index (κ2) is 5.01. The Kier molecular flexibility index (Phi) is 3.67. The third-order valence-electron chi connectivity index (χ3n) is 1.87. The van der Waals surface area contributed by atoms with Gasteiger partial charge in [-0.25, -0.2) is 4.79 Å². The minimum Gasteiger partial charge on any atom is -0.478 e. The highest BCUT2D eigenvalue weighted by Crippen LogP contribution is 2.08. The Bertz CT molecular complexity index is 336. The number of amides is 1. The van der Waals surface area contributed by atoms with Crippen molar-refractivity contribution in [2.24, 2.45) is 0 Å². The van der Waals surface area contributed by atoms with Crippen molar-refractivity contribution in [3.63, 3.8) is 0 Å². The molecule has 1 amide bonds. The summed E-state index contributed by atoms with van der Waals surface area (Å²) in [6, 6.07) is 6.76. The van der Waals surface area contributed by atoms with Crippen LogP contribution in [0.3, 0.4) is 0 Å². The van der Waals surface area contributed by atoms with E-state index < -0.39 is 5.97 Å². The van der Waals surface area contributed by atoms with E-state index in [4.69, 9.17) is 5.11 Å². The highest BCUT2D eigenvalue weighted by atomic mass is 16.4. The summed E-state index contributed by atoms with van der Waals surface area (Å²) in [5, 5.41) is 11.3. The molecule has 4 nitrogen and oxygen atoms in total. The summed E-state index contributed by atoms with van der Waals surface area (Å²) in [6.45, 7) is 0.452. The fraction of sp³-hybridized carbons (Fsp3) is 0.200. The number of aromatic carboxylic acids is 1. The van der Waals surface area contributed by atoms with Gasteiger partial charge < -0.3 is 10.4 Å². The van der Waals surface area contributed by atoms with Crippen LogP contribution in [-0.4, -0.2) is 24.0 Å². The number of carboxylic acid groups (broad SMARTS) is 1. The number of rotatable bonds is 5. The van der Waals surface area contributed by atoms with Crippen molar-refractivity contribution in [2.45, 2.75) is 6.42 Å². The molecular formula is C10H11NO3. The molecule has 0 bridgehead atoms. The van der Waals surface area contributed by atoms with Crippen molar-refractivity contribution in [3.05, 3.63) is 35.4 Å². The molecule has 0 aliphatic rings. The Hall–Kier alpha value is -1.84. The van der Waals surface area contributed by atoms with Gasteiger partial charge in [-0.1, -0.05) is 18.2 Å². The number of hydrogen-bond donors (Lipinski definition) is 2. The lowest BCUT2D eigenvalue weighted by Gasteiger charge is -2.04. The number of carbonyl (C=O) groups is 2. The molecule has 0 aromatic heterocycles. The molecule has 0 aliphatic carbocycles. The van der Waals surface area contributed by atoms with Crippen molar-refractivity contribution in [2.75, 3.05) is 6.54 Å². The lowest BCUT2D eigenvalue weighted by atomic mass is 10.1. The molecule has 74 valence electrons. The van der Waals surface area contributed by atoms with E-state index in [-0.39, 0.29) is 0 Å². The van der Waals surface area contributed by atoms with Crippen LogP contribution in [0.15, 0.2) is 24.3 Å². The zero-order valence-electron chi connectivity index (χ0n) is 7.56. The summed E-state index contributed by atoms with van der Waals surface area (Å²) >= 11 is 0. The van der Waals surface area contributed by atoms with E-state index in [0.717, 1.165) is 5.56 Å². The summed E-state index contributed by atoms with van der Waals surface area (Å²) < 4.78 is 0. The van der Waals surface area contributed by atoms with Crippen molar-refractivity contribution >= 4 is 12.4 Å². The van der Waals surface area contributed by atoms with Crippen molar-refractivity contribution in [1.29, 1.82) is 0 Å². The summed E-state index contributed by atoms with van der Waals surface area (Å²) in [4.78, 5) is 20.8. The monoisotopic (exact) mass is 193 g/mol. The number of benzene rings is 1. The van der Waals surface area contributed by atoms with Gasteiger partial charge >= 0.3 is 5.97 Å². The van der Waals surface area contributed by atoms with Gasteiger partial charge in [0.2, 0.25) is 6.41 Å². The van der Waals surface area contributed by atoms with Crippen LogP contribution in [0, 0.1) is 0 Å². The van der Waals surface area contributed by atoms with Crippen molar-refractivity contribution in [3.8, 4) is 0 Å². The van der Waals surface area contributed by atoms with E-state index in [1.54, 1.807) is 24.3 Å². The first kappa shape index (κ1) is 10.2. The zero-order chi connectivity index (χ0) is 10.4. The molecule has 1 aromatic carbocycles. The topological polar surface area (TPSA) is 66.4 Å². The van der Waals surface area contributed by atoms with Crippen LogP contribution in [0.1, 0.15) is 15.9 Å². The Morgan fingerprint density at radius 3 is 2.79 bits per heavy atom. The SMILES string of the molecule is O=CNCCc1ccccc1C(=O)O. The smallest absolute Gasteiger partial charge is 0.335 e. The predicted molar refractivity (Wildman–Crippen MR) is 51.2 cm³/mol. The van der Waals surface area contributed by atoms with Gasteiger partial charge in [0, 0.05) is 6.54 Å². The minimum atomic E-state index is -0.938. The maximum atomic E-state index is 10.8. The summed E-state index contributed by atoms with van der Waals surface area (Å²) in [6.07, 6.45) is 1.13. The van der Waals surface area contributed by atoms with E-state index in [1.165, 1.54) is 0 Å². The Balaban J connectivity index is 2.74. The molecule has 4 heteroatoms. The van der Waals surface area contributed by atoms with E-state index in [0.29, 0.717) is 24.9 Å².